The van der Waals surface area contributed by atoms with Gasteiger partial charge >= 0.3 is 120 Å². The summed E-state index contributed by atoms with van der Waals surface area (Å²) in [4.78, 5) is 0. The molecule has 4 heteroatoms. The van der Waals surface area contributed by atoms with Crippen LogP contribution >= 0.6 is 0 Å². The standard InChI is InChI=1S/CN.Cs.Fe.K.2H/c1-2;;;;;/q-1;+1;;+1;2*-1. The zero-order valence-electron chi connectivity index (χ0n) is 5.30. The normalized spacial score (nSPS) is 0.400. The van der Waals surface area contributed by atoms with Crippen molar-refractivity contribution in [3.05, 3.63) is 6.57 Å². The molecule has 0 radical (unpaired) electrons. The summed E-state index contributed by atoms with van der Waals surface area (Å²) < 4.78 is 0. The molecule has 0 fully saturated rings. The second kappa shape index (κ2) is 25.3. The van der Waals surface area contributed by atoms with E-state index in [1.807, 2.05) is 0 Å². The van der Waals surface area contributed by atoms with E-state index in [0.29, 0.717) is 0 Å². The molecule has 0 saturated carbocycles. The topological polar surface area (TPSA) is 23.8 Å². The van der Waals surface area contributed by atoms with Gasteiger partial charge in [-0.15, -0.1) is 0 Å². The molecule has 0 heterocycles. The van der Waals surface area contributed by atoms with Gasteiger partial charge in [0.2, 0.25) is 0 Å². The van der Waals surface area contributed by atoms with Gasteiger partial charge in [-0.3, -0.25) is 0 Å². The van der Waals surface area contributed by atoms with E-state index >= 15 is 0 Å². The van der Waals surface area contributed by atoms with Crippen molar-refractivity contribution in [3.63, 3.8) is 0 Å². The Morgan fingerprint density at radius 2 is 1.40 bits per heavy atom. The molecule has 0 atom stereocenters. The maximum atomic E-state index is 6.25. The first-order valence-corrected chi connectivity index (χ1v) is 0.224. The Bertz CT molecular complexity index is 22.4. The molecule has 0 aliphatic carbocycles. The molecular formula is CH2CsFeKN-. The summed E-state index contributed by atoms with van der Waals surface area (Å²) in [5.74, 6) is 0. The summed E-state index contributed by atoms with van der Waals surface area (Å²) in [5, 5.41) is 6.25. The maximum absolute atomic E-state index is 6.25. The first-order chi connectivity index (χ1) is 1.00. The van der Waals surface area contributed by atoms with Crippen LogP contribution in [0.1, 0.15) is 2.85 Å². The van der Waals surface area contributed by atoms with E-state index in [2.05, 4.69) is 0 Å². The number of nitrogens with zero attached hydrogens (tertiary/aromatic N) is 1. The fraction of sp³-hybridized carbons (Fsp3) is 0. The molecule has 0 aromatic heterocycles. The summed E-state index contributed by atoms with van der Waals surface area (Å²) in [6.07, 6.45) is 0. The number of rotatable bonds is 0. The molecule has 0 N–H and O–H groups in total. The van der Waals surface area contributed by atoms with Crippen molar-refractivity contribution in [2.75, 3.05) is 0 Å². The van der Waals surface area contributed by atoms with Crippen LogP contribution in [-0.2, 0) is 17.1 Å². The summed E-state index contributed by atoms with van der Waals surface area (Å²) >= 11 is 0. The van der Waals surface area contributed by atoms with Crippen LogP contribution in [0.25, 0.3) is 0 Å². The van der Waals surface area contributed by atoms with E-state index in [1.54, 1.807) is 0 Å². The fourth-order valence-corrected chi connectivity index (χ4v) is 0. The van der Waals surface area contributed by atoms with E-state index in [-0.39, 0.29) is 140 Å². The van der Waals surface area contributed by atoms with Crippen molar-refractivity contribution in [2.24, 2.45) is 0 Å². The zero-order chi connectivity index (χ0) is 2.00. The Labute approximate surface area is 147 Å². The molecule has 0 rings (SSSR count). The van der Waals surface area contributed by atoms with Crippen LogP contribution in [0.4, 0.5) is 0 Å². The predicted octanol–water partition coefficient (Wildman–Crippen LogP) is -5.67. The summed E-state index contributed by atoms with van der Waals surface area (Å²) in [6, 6.07) is 0. The van der Waals surface area contributed by atoms with Gasteiger partial charge in [-0.1, -0.05) is 0 Å². The Morgan fingerprint density at radius 3 is 1.40 bits per heavy atom. The van der Waals surface area contributed by atoms with E-state index in [4.69, 9.17) is 11.8 Å². The molecule has 22 valence electrons. The average molecular weight is 256 g/mol. The minimum Gasteiger partial charge on any atom is -1.00 e. The van der Waals surface area contributed by atoms with Crippen LogP contribution in [-0.4, -0.2) is 0 Å². The van der Waals surface area contributed by atoms with Gasteiger partial charge in [-0.05, 0) is 0 Å². The smallest absolute Gasteiger partial charge is 1.00 e. The van der Waals surface area contributed by atoms with Crippen LogP contribution in [0.5, 0.6) is 0 Å². The van der Waals surface area contributed by atoms with E-state index in [0.717, 1.165) is 0 Å². The third-order valence-corrected chi connectivity index (χ3v) is 0. The quantitative estimate of drug-likeness (QED) is 0.313. The third kappa shape index (κ3) is 18.3. The van der Waals surface area contributed by atoms with Gasteiger partial charge in [-0.2, -0.15) is 0 Å². The molecule has 0 aromatic carbocycles. The molecule has 0 unspecified atom stereocenters. The summed E-state index contributed by atoms with van der Waals surface area (Å²) in [7, 11) is 0. The molecule has 5 heavy (non-hydrogen) atoms. The minimum atomic E-state index is 0. The Hall–Kier alpha value is 3.70. The Balaban J connectivity index is -0.000000000500. The molecule has 0 amide bonds. The van der Waals surface area contributed by atoms with Crippen LogP contribution in [0.15, 0.2) is 0 Å². The summed E-state index contributed by atoms with van der Waals surface area (Å²) in [6.45, 7) is 4.75. The van der Waals surface area contributed by atoms with Crippen molar-refractivity contribution >= 4 is 0 Å². The maximum Gasteiger partial charge on any atom is 1.00 e. The molecule has 0 bridgehead atoms. The third-order valence-electron chi connectivity index (χ3n) is 0. The van der Waals surface area contributed by atoms with Gasteiger partial charge in [0.1, 0.15) is 0 Å². The second-order valence-electron chi connectivity index (χ2n) is 0. The van der Waals surface area contributed by atoms with Gasteiger partial charge in [-0.25, -0.2) is 0 Å². The summed E-state index contributed by atoms with van der Waals surface area (Å²) in [5.41, 5.74) is 0. The van der Waals surface area contributed by atoms with Crippen molar-refractivity contribution < 1.29 is 140 Å². The van der Waals surface area contributed by atoms with Crippen LogP contribution in [0.3, 0.4) is 0 Å². The molecule has 0 spiro atoms. The monoisotopic (exact) mass is 256 g/mol. The van der Waals surface area contributed by atoms with Gasteiger partial charge in [0.15, 0.2) is 0 Å². The molecular weight excluding hydrogens is 254 g/mol. The average Bonchev–Trinajstić information content (AvgIpc) is 1.00. The van der Waals surface area contributed by atoms with E-state index in [1.165, 1.54) is 0 Å². The van der Waals surface area contributed by atoms with Crippen LogP contribution in [0.2, 0.25) is 0 Å². The first kappa shape index (κ1) is 23.4. The van der Waals surface area contributed by atoms with Gasteiger partial charge in [0, 0.05) is 17.1 Å². The molecule has 0 aliphatic heterocycles. The Kier molecular flexibility index (Phi) is 118. The predicted molar refractivity (Wildman–Crippen MR) is 7.19 cm³/mol. The van der Waals surface area contributed by atoms with Crippen molar-refractivity contribution in [2.45, 2.75) is 0 Å². The second-order valence-corrected chi connectivity index (χ2v) is 0. The van der Waals surface area contributed by atoms with Crippen LogP contribution < -0.4 is 120 Å². The minimum absolute atomic E-state index is 0. The number of hydrogen-bond donors (Lipinski definition) is 0. The van der Waals surface area contributed by atoms with Crippen molar-refractivity contribution in [1.82, 2.24) is 0 Å². The van der Waals surface area contributed by atoms with E-state index < -0.39 is 0 Å². The number of hydrogen-bond acceptors (Lipinski definition) is 1. The van der Waals surface area contributed by atoms with E-state index in [9.17, 15) is 0 Å². The van der Waals surface area contributed by atoms with Gasteiger partial charge < -0.3 is 14.7 Å². The molecule has 0 saturated heterocycles. The molecule has 1 nitrogen and oxygen atoms in total. The van der Waals surface area contributed by atoms with Gasteiger partial charge in [0.25, 0.3) is 0 Å². The SMILES string of the molecule is [C-]#N.[Cs+].[Fe].[H-].[H-].[K+]. The molecule has 0 aromatic rings. The zero-order valence-corrected chi connectivity index (χ0v) is 13.8. The van der Waals surface area contributed by atoms with Crippen LogP contribution in [0, 0.1) is 11.8 Å². The largest absolute Gasteiger partial charge is 1.00 e. The molecule has 0 aliphatic rings. The van der Waals surface area contributed by atoms with Crippen molar-refractivity contribution in [1.29, 1.82) is 5.26 Å². The Morgan fingerprint density at radius 1 is 1.40 bits per heavy atom. The van der Waals surface area contributed by atoms with Gasteiger partial charge in [0.05, 0.1) is 0 Å². The van der Waals surface area contributed by atoms with Crippen molar-refractivity contribution in [3.8, 4) is 0 Å². The fourth-order valence-electron chi connectivity index (χ4n) is 0. The first-order valence-electron chi connectivity index (χ1n) is 0.224.